The van der Waals surface area contributed by atoms with Crippen LogP contribution in [0.3, 0.4) is 0 Å². The number of hydrogen-bond donors (Lipinski definition) is 2. The fourth-order valence-corrected chi connectivity index (χ4v) is 3.89. The number of fused-ring (bicyclic) bond motifs is 2. The van der Waals surface area contributed by atoms with Crippen molar-refractivity contribution in [3.63, 3.8) is 0 Å². The maximum Gasteiger partial charge on any atom is 0.230 e. The fraction of sp³-hybridized carbons (Fsp3) is 0.304. The zero-order chi connectivity index (χ0) is 20.5. The molecule has 0 atom stereocenters. The van der Waals surface area contributed by atoms with Crippen LogP contribution in [0.2, 0.25) is 0 Å². The van der Waals surface area contributed by atoms with E-state index in [1.54, 1.807) is 7.11 Å². The SMILES string of the molecule is COc1cc2c(Oc3ccc4cc(C)[nH]c4c3)ncnc2cc1OC1CCNCC1. The molecule has 2 aromatic carbocycles. The molecule has 0 bridgehead atoms. The zero-order valence-electron chi connectivity index (χ0n) is 17.1. The molecule has 30 heavy (non-hydrogen) atoms. The second-order valence-electron chi connectivity index (χ2n) is 7.57. The molecule has 4 aromatic rings. The number of nitrogens with zero attached hydrogens (tertiary/aromatic N) is 2. The molecule has 3 heterocycles. The lowest BCUT2D eigenvalue weighted by Crippen LogP contribution is -2.34. The Hall–Kier alpha value is -3.32. The summed E-state index contributed by atoms with van der Waals surface area (Å²) in [5.74, 6) is 2.54. The molecule has 5 rings (SSSR count). The lowest BCUT2D eigenvalue weighted by molar-refractivity contribution is 0.157. The third-order valence-corrected chi connectivity index (χ3v) is 5.41. The summed E-state index contributed by atoms with van der Waals surface area (Å²) in [5.41, 5.74) is 2.89. The van der Waals surface area contributed by atoms with E-state index in [1.807, 2.05) is 37.3 Å². The monoisotopic (exact) mass is 404 g/mol. The first-order valence-corrected chi connectivity index (χ1v) is 10.2. The average Bonchev–Trinajstić information content (AvgIpc) is 3.13. The van der Waals surface area contributed by atoms with Gasteiger partial charge in [0.25, 0.3) is 0 Å². The summed E-state index contributed by atoms with van der Waals surface area (Å²) in [4.78, 5) is 12.1. The number of aromatic amines is 1. The first-order chi connectivity index (χ1) is 14.7. The van der Waals surface area contributed by atoms with Crippen LogP contribution in [-0.4, -0.2) is 41.3 Å². The fourth-order valence-electron chi connectivity index (χ4n) is 3.89. The van der Waals surface area contributed by atoms with Crippen molar-refractivity contribution in [2.75, 3.05) is 20.2 Å². The minimum absolute atomic E-state index is 0.172. The molecule has 0 radical (unpaired) electrons. The Morgan fingerprint density at radius 2 is 1.87 bits per heavy atom. The van der Waals surface area contributed by atoms with Crippen molar-refractivity contribution in [1.82, 2.24) is 20.3 Å². The van der Waals surface area contributed by atoms with E-state index in [9.17, 15) is 0 Å². The van der Waals surface area contributed by atoms with Crippen molar-refractivity contribution in [3.05, 3.63) is 48.4 Å². The van der Waals surface area contributed by atoms with Gasteiger partial charge in [0.15, 0.2) is 11.5 Å². The molecule has 0 spiro atoms. The van der Waals surface area contributed by atoms with Gasteiger partial charge in [0.2, 0.25) is 5.88 Å². The summed E-state index contributed by atoms with van der Waals surface area (Å²) in [7, 11) is 1.64. The summed E-state index contributed by atoms with van der Waals surface area (Å²) in [6, 6.07) is 11.8. The van der Waals surface area contributed by atoms with E-state index >= 15 is 0 Å². The molecule has 7 heteroatoms. The van der Waals surface area contributed by atoms with Gasteiger partial charge < -0.3 is 24.5 Å². The van der Waals surface area contributed by atoms with Crippen molar-refractivity contribution >= 4 is 21.8 Å². The average molecular weight is 404 g/mol. The molecule has 1 aliphatic heterocycles. The molecular formula is C23H24N4O3. The van der Waals surface area contributed by atoms with Crippen molar-refractivity contribution < 1.29 is 14.2 Å². The molecule has 2 N–H and O–H groups in total. The predicted molar refractivity (Wildman–Crippen MR) is 116 cm³/mol. The van der Waals surface area contributed by atoms with Gasteiger partial charge in [0.05, 0.1) is 18.0 Å². The van der Waals surface area contributed by atoms with E-state index in [4.69, 9.17) is 14.2 Å². The first kappa shape index (κ1) is 18.7. The van der Waals surface area contributed by atoms with Crippen LogP contribution in [0.25, 0.3) is 21.8 Å². The van der Waals surface area contributed by atoms with Gasteiger partial charge in [-0.05, 0) is 62.5 Å². The van der Waals surface area contributed by atoms with Crippen LogP contribution in [0.1, 0.15) is 18.5 Å². The summed E-state index contributed by atoms with van der Waals surface area (Å²) >= 11 is 0. The Morgan fingerprint density at radius 3 is 2.70 bits per heavy atom. The third-order valence-electron chi connectivity index (χ3n) is 5.41. The zero-order valence-corrected chi connectivity index (χ0v) is 17.1. The largest absolute Gasteiger partial charge is 0.493 e. The number of aryl methyl sites for hydroxylation is 1. The number of nitrogens with one attached hydrogen (secondary N) is 2. The Bertz CT molecular complexity index is 1200. The maximum atomic E-state index is 6.22. The molecule has 0 amide bonds. The number of methoxy groups -OCH3 is 1. The predicted octanol–water partition coefficient (Wildman–Crippen LogP) is 4.35. The Morgan fingerprint density at radius 1 is 1.00 bits per heavy atom. The lowest BCUT2D eigenvalue weighted by atomic mass is 10.1. The van der Waals surface area contributed by atoms with Gasteiger partial charge >= 0.3 is 0 Å². The van der Waals surface area contributed by atoms with Crippen LogP contribution in [0, 0.1) is 6.92 Å². The molecule has 0 saturated carbocycles. The quantitative estimate of drug-likeness (QED) is 0.515. The Kier molecular flexibility index (Phi) is 4.88. The van der Waals surface area contributed by atoms with E-state index in [0.717, 1.165) is 53.4 Å². The van der Waals surface area contributed by atoms with Gasteiger partial charge in [-0.3, -0.25) is 0 Å². The number of hydrogen-bond acceptors (Lipinski definition) is 6. The van der Waals surface area contributed by atoms with Crippen molar-refractivity contribution in [3.8, 4) is 23.1 Å². The van der Waals surface area contributed by atoms with Crippen LogP contribution in [0.5, 0.6) is 23.1 Å². The van der Waals surface area contributed by atoms with Crippen molar-refractivity contribution in [2.24, 2.45) is 0 Å². The molecule has 0 unspecified atom stereocenters. The van der Waals surface area contributed by atoms with Gasteiger partial charge in [-0.15, -0.1) is 0 Å². The van der Waals surface area contributed by atoms with Crippen LogP contribution >= 0.6 is 0 Å². The molecule has 0 aliphatic carbocycles. The standard InChI is InChI=1S/C23H24N4O3/c1-14-9-15-3-4-17(10-19(15)27-14)30-23-18-11-21(28-2)22(12-20(18)25-13-26-23)29-16-5-7-24-8-6-16/h3-4,9-13,16,24,27H,5-8H2,1-2H3. The number of H-pyrrole nitrogens is 1. The number of benzene rings is 2. The topological polar surface area (TPSA) is 81.3 Å². The molecule has 7 nitrogen and oxygen atoms in total. The van der Waals surface area contributed by atoms with Crippen LogP contribution < -0.4 is 19.5 Å². The normalized spacial score (nSPS) is 14.9. The van der Waals surface area contributed by atoms with Gasteiger partial charge in [0.1, 0.15) is 18.2 Å². The van der Waals surface area contributed by atoms with Crippen molar-refractivity contribution in [2.45, 2.75) is 25.9 Å². The van der Waals surface area contributed by atoms with Gasteiger partial charge in [0, 0.05) is 23.3 Å². The summed E-state index contributed by atoms with van der Waals surface area (Å²) < 4.78 is 18.0. The van der Waals surface area contributed by atoms with Crippen LogP contribution in [0.15, 0.2) is 42.7 Å². The molecule has 1 aliphatic rings. The number of rotatable bonds is 5. The Labute approximate surface area is 174 Å². The summed E-state index contributed by atoms with van der Waals surface area (Å²) in [5, 5.41) is 5.27. The number of aromatic nitrogens is 3. The third kappa shape index (κ3) is 3.64. The lowest BCUT2D eigenvalue weighted by Gasteiger charge is -2.24. The van der Waals surface area contributed by atoms with E-state index < -0.39 is 0 Å². The molecule has 2 aromatic heterocycles. The number of piperidine rings is 1. The second-order valence-corrected chi connectivity index (χ2v) is 7.57. The minimum Gasteiger partial charge on any atom is -0.493 e. The highest BCUT2D eigenvalue weighted by Gasteiger charge is 2.19. The van der Waals surface area contributed by atoms with E-state index in [-0.39, 0.29) is 6.10 Å². The highest BCUT2D eigenvalue weighted by atomic mass is 16.5. The van der Waals surface area contributed by atoms with E-state index in [0.29, 0.717) is 23.1 Å². The van der Waals surface area contributed by atoms with Gasteiger partial charge in [-0.2, -0.15) is 0 Å². The first-order valence-electron chi connectivity index (χ1n) is 10.2. The second kappa shape index (κ2) is 7.84. The van der Waals surface area contributed by atoms with Crippen LogP contribution in [0.4, 0.5) is 0 Å². The molecule has 1 saturated heterocycles. The number of ether oxygens (including phenoxy) is 3. The van der Waals surface area contributed by atoms with Crippen LogP contribution in [-0.2, 0) is 0 Å². The van der Waals surface area contributed by atoms with Crippen molar-refractivity contribution in [1.29, 1.82) is 0 Å². The maximum absolute atomic E-state index is 6.22. The summed E-state index contributed by atoms with van der Waals surface area (Å²) in [6.45, 7) is 3.96. The van der Waals surface area contributed by atoms with E-state index in [1.165, 1.54) is 6.33 Å². The van der Waals surface area contributed by atoms with Gasteiger partial charge in [-0.25, -0.2) is 9.97 Å². The van der Waals surface area contributed by atoms with Gasteiger partial charge in [-0.1, -0.05) is 0 Å². The molecule has 154 valence electrons. The summed E-state index contributed by atoms with van der Waals surface area (Å²) in [6.07, 6.45) is 3.63. The smallest absolute Gasteiger partial charge is 0.230 e. The molecule has 1 fully saturated rings. The Balaban J connectivity index is 1.48. The highest BCUT2D eigenvalue weighted by Crippen LogP contribution is 2.37. The molecular weight excluding hydrogens is 380 g/mol. The minimum atomic E-state index is 0.172. The van der Waals surface area contributed by atoms with E-state index in [2.05, 4.69) is 26.3 Å². The highest BCUT2D eigenvalue weighted by molar-refractivity contribution is 5.87.